The van der Waals surface area contributed by atoms with E-state index < -0.39 is 10.2 Å². The summed E-state index contributed by atoms with van der Waals surface area (Å²) >= 11 is 0. The minimum absolute atomic E-state index is 0.0982. The zero-order valence-corrected chi connectivity index (χ0v) is 12.1. The third-order valence-corrected chi connectivity index (χ3v) is 5.77. The van der Waals surface area contributed by atoms with Crippen LogP contribution in [0.15, 0.2) is 0 Å². The van der Waals surface area contributed by atoms with Crippen LogP contribution >= 0.6 is 0 Å². The van der Waals surface area contributed by atoms with E-state index in [0.29, 0.717) is 13.1 Å². The molecule has 1 heterocycles. The lowest BCUT2D eigenvalue weighted by atomic mass is 10.0. The second-order valence-electron chi connectivity index (χ2n) is 5.54. The lowest BCUT2D eigenvalue weighted by Crippen LogP contribution is -2.48. The number of amidine groups is 1. The van der Waals surface area contributed by atoms with Crippen molar-refractivity contribution in [1.82, 2.24) is 9.03 Å². The van der Waals surface area contributed by atoms with Crippen molar-refractivity contribution in [3.8, 4) is 0 Å². The van der Waals surface area contributed by atoms with Gasteiger partial charge in [0.25, 0.3) is 10.2 Å². The van der Waals surface area contributed by atoms with Gasteiger partial charge in [0.05, 0.1) is 5.84 Å². The quantitative estimate of drug-likeness (QED) is 0.527. The molecule has 0 amide bonds. The van der Waals surface area contributed by atoms with E-state index in [1.54, 1.807) is 4.31 Å². The summed E-state index contributed by atoms with van der Waals surface area (Å²) in [5.74, 6) is -0.0391. The van der Waals surface area contributed by atoms with Crippen LogP contribution in [0.2, 0.25) is 0 Å². The van der Waals surface area contributed by atoms with Crippen molar-refractivity contribution in [2.24, 2.45) is 11.7 Å². The molecule has 0 bridgehead atoms. The van der Waals surface area contributed by atoms with Gasteiger partial charge >= 0.3 is 0 Å². The van der Waals surface area contributed by atoms with Crippen molar-refractivity contribution in [2.45, 2.75) is 51.0 Å². The first-order valence-corrected chi connectivity index (χ1v) is 8.56. The van der Waals surface area contributed by atoms with E-state index in [1.165, 1.54) is 0 Å². The molecule has 2 fully saturated rings. The first-order chi connectivity index (χ1) is 9.00. The van der Waals surface area contributed by atoms with Crippen LogP contribution in [0.25, 0.3) is 0 Å². The van der Waals surface area contributed by atoms with Crippen molar-refractivity contribution in [2.75, 3.05) is 13.1 Å². The molecule has 6 nitrogen and oxygen atoms in total. The van der Waals surface area contributed by atoms with Crippen molar-refractivity contribution in [1.29, 1.82) is 5.41 Å². The van der Waals surface area contributed by atoms with Gasteiger partial charge in [-0.3, -0.25) is 5.41 Å². The van der Waals surface area contributed by atoms with Gasteiger partial charge in [0.1, 0.15) is 0 Å². The van der Waals surface area contributed by atoms with Gasteiger partial charge in [-0.1, -0.05) is 19.3 Å². The van der Waals surface area contributed by atoms with Crippen LogP contribution < -0.4 is 10.5 Å². The highest BCUT2D eigenvalue weighted by atomic mass is 32.2. The van der Waals surface area contributed by atoms with E-state index >= 15 is 0 Å². The van der Waals surface area contributed by atoms with E-state index in [-0.39, 0.29) is 17.8 Å². The highest BCUT2D eigenvalue weighted by Gasteiger charge is 2.34. The number of rotatable bonds is 4. The molecule has 0 radical (unpaired) electrons. The molecule has 1 saturated heterocycles. The maximum Gasteiger partial charge on any atom is 0.279 e. The molecule has 1 aliphatic carbocycles. The molecule has 0 aromatic heterocycles. The Hall–Kier alpha value is -0.660. The molecule has 0 aromatic rings. The van der Waals surface area contributed by atoms with Gasteiger partial charge in [0, 0.05) is 25.0 Å². The van der Waals surface area contributed by atoms with Gasteiger partial charge in [-0.15, -0.1) is 0 Å². The maximum absolute atomic E-state index is 12.4. The highest BCUT2D eigenvalue weighted by molar-refractivity contribution is 7.87. The summed E-state index contributed by atoms with van der Waals surface area (Å²) in [5.41, 5.74) is 5.55. The molecule has 2 aliphatic rings. The molecular weight excluding hydrogens is 264 g/mol. The number of nitrogens with two attached hydrogens (primary N) is 1. The van der Waals surface area contributed by atoms with Crippen LogP contribution in [0.1, 0.15) is 44.9 Å². The third kappa shape index (κ3) is 3.67. The van der Waals surface area contributed by atoms with Gasteiger partial charge < -0.3 is 5.73 Å². The van der Waals surface area contributed by atoms with E-state index in [9.17, 15) is 8.42 Å². The summed E-state index contributed by atoms with van der Waals surface area (Å²) in [5, 5.41) is 7.54. The average molecular weight is 288 g/mol. The van der Waals surface area contributed by atoms with E-state index in [2.05, 4.69) is 4.72 Å². The van der Waals surface area contributed by atoms with Crippen molar-refractivity contribution >= 4 is 16.0 Å². The second-order valence-corrected chi connectivity index (χ2v) is 7.24. The minimum Gasteiger partial charge on any atom is -0.387 e. The smallest absolute Gasteiger partial charge is 0.279 e. The van der Waals surface area contributed by atoms with Crippen LogP contribution in [0.5, 0.6) is 0 Å². The van der Waals surface area contributed by atoms with E-state index in [4.69, 9.17) is 11.1 Å². The molecule has 7 heteroatoms. The standard InChI is InChI=1S/C12H24N4O2S/c13-12(14)10-6-5-7-11(10)15-19(17,18)16-8-3-1-2-4-9-16/h10-11,15H,1-9H2,(H3,13,14). The summed E-state index contributed by atoms with van der Waals surface area (Å²) in [4.78, 5) is 0. The summed E-state index contributed by atoms with van der Waals surface area (Å²) in [6, 6.07) is -0.203. The number of nitrogens with one attached hydrogen (secondary N) is 2. The predicted molar refractivity (Wildman–Crippen MR) is 75.1 cm³/mol. The fraction of sp³-hybridized carbons (Fsp3) is 0.917. The molecule has 110 valence electrons. The second kappa shape index (κ2) is 6.19. The fourth-order valence-corrected chi connectivity index (χ4v) is 4.57. The maximum atomic E-state index is 12.4. The molecule has 2 rings (SSSR count). The Morgan fingerprint density at radius 1 is 1.11 bits per heavy atom. The van der Waals surface area contributed by atoms with Crippen molar-refractivity contribution in [3.63, 3.8) is 0 Å². The van der Waals surface area contributed by atoms with Gasteiger partial charge in [-0.25, -0.2) is 0 Å². The van der Waals surface area contributed by atoms with Crippen molar-refractivity contribution < 1.29 is 8.42 Å². The molecule has 0 aromatic carbocycles. The monoisotopic (exact) mass is 288 g/mol. The topological polar surface area (TPSA) is 99.3 Å². The molecular formula is C12H24N4O2S. The number of nitrogens with zero attached hydrogens (tertiary/aromatic N) is 1. The van der Waals surface area contributed by atoms with Gasteiger partial charge in [-0.2, -0.15) is 17.4 Å². The SMILES string of the molecule is N=C(N)C1CCCC1NS(=O)(=O)N1CCCCCC1. The fourth-order valence-electron chi connectivity index (χ4n) is 3.02. The Balaban J connectivity index is 2.01. The van der Waals surface area contributed by atoms with Gasteiger partial charge in [0.15, 0.2) is 0 Å². The molecule has 4 N–H and O–H groups in total. The van der Waals surface area contributed by atoms with Gasteiger partial charge in [0.2, 0.25) is 0 Å². The molecule has 1 aliphatic heterocycles. The van der Waals surface area contributed by atoms with Crippen LogP contribution in [0.4, 0.5) is 0 Å². The number of hydrogen-bond acceptors (Lipinski definition) is 3. The Morgan fingerprint density at radius 2 is 1.74 bits per heavy atom. The molecule has 2 unspecified atom stereocenters. The summed E-state index contributed by atoms with van der Waals surface area (Å²) in [7, 11) is -3.43. The average Bonchev–Trinajstić information content (AvgIpc) is 2.63. The van der Waals surface area contributed by atoms with Crippen LogP contribution in [0, 0.1) is 11.3 Å². The first kappa shape index (κ1) is 14.7. The Kier molecular flexibility index (Phi) is 4.81. The normalized spacial score (nSPS) is 30.1. The Morgan fingerprint density at radius 3 is 2.32 bits per heavy atom. The zero-order valence-electron chi connectivity index (χ0n) is 11.3. The lowest BCUT2D eigenvalue weighted by Gasteiger charge is -2.25. The van der Waals surface area contributed by atoms with Crippen molar-refractivity contribution in [3.05, 3.63) is 0 Å². The predicted octanol–water partition coefficient (Wildman–Crippen LogP) is 0.801. The first-order valence-electron chi connectivity index (χ1n) is 7.12. The minimum atomic E-state index is -3.43. The Labute approximate surface area is 115 Å². The lowest BCUT2D eigenvalue weighted by molar-refractivity contribution is 0.402. The van der Waals surface area contributed by atoms with Gasteiger partial charge in [-0.05, 0) is 25.7 Å². The molecule has 19 heavy (non-hydrogen) atoms. The van der Waals surface area contributed by atoms with E-state index in [1.807, 2.05) is 0 Å². The summed E-state index contributed by atoms with van der Waals surface area (Å²) < 4.78 is 29.0. The zero-order chi connectivity index (χ0) is 13.9. The van der Waals surface area contributed by atoms with Crippen LogP contribution in [-0.4, -0.2) is 37.7 Å². The third-order valence-electron chi connectivity index (χ3n) is 4.12. The number of hydrogen-bond donors (Lipinski definition) is 3. The highest BCUT2D eigenvalue weighted by Crippen LogP contribution is 2.26. The largest absolute Gasteiger partial charge is 0.387 e. The summed E-state index contributed by atoms with van der Waals surface area (Å²) in [6.45, 7) is 1.21. The Bertz CT molecular complexity index is 415. The van der Waals surface area contributed by atoms with E-state index in [0.717, 1.165) is 44.9 Å². The molecule has 0 spiro atoms. The summed E-state index contributed by atoms with van der Waals surface area (Å²) in [6.07, 6.45) is 6.58. The molecule has 1 saturated carbocycles. The van der Waals surface area contributed by atoms with Crippen LogP contribution in [-0.2, 0) is 10.2 Å². The van der Waals surface area contributed by atoms with Crippen LogP contribution in [0.3, 0.4) is 0 Å². The molecule has 2 atom stereocenters.